The number of hydrogen-bond acceptors (Lipinski definition) is 0. The molecular formula is C12H15I. The van der Waals surface area contributed by atoms with Gasteiger partial charge in [-0.1, -0.05) is 36.0 Å². The van der Waals surface area contributed by atoms with E-state index in [1.54, 1.807) is 5.57 Å². The Labute approximate surface area is 90.2 Å². The van der Waals surface area contributed by atoms with Crippen LogP contribution >= 0.6 is 20.7 Å². The predicted molar refractivity (Wildman–Crippen MR) is 68.6 cm³/mol. The van der Waals surface area contributed by atoms with Gasteiger partial charge in [0.25, 0.3) is 0 Å². The molecule has 1 unspecified atom stereocenters. The molecule has 2 aliphatic rings. The minimum atomic E-state index is 0.310. The fourth-order valence-electron chi connectivity index (χ4n) is 1.89. The van der Waals surface area contributed by atoms with Gasteiger partial charge in [-0.3, -0.25) is 0 Å². The van der Waals surface area contributed by atoms with Gasteiger partial charge in [-0.25, -0.2) is 0 Å². The Hall–Kier alpha value is -0.180. The topological polar surface area (TPSA) is 0 Å². The Kier molecular flexibility index (Phi) is 3.14. The summed E-state index contributed by atoms with van der Waals surface area (Å²) in [7, 11) is 0. The Morgan fingerprint density at radius 1 is 1.23 bits per heavy atom. The van der Waals surface area contributed by atoms with E-state index in [1.165, 1.54) is 12.8 Å². The van der Waals surface area contributed by atoms with Crippen molar-refractivity contribution in [3.8, 4) is 0 Å². The van der Waals surface area contributed by atoms with Crippen LogP contribution in [0.5, 0.6) is 0 Å². The minimum absolute atomic E-state index is 0.310. The molecule has 0 amide bonds. The summed E-state index contributed by atoms with van der Waals surface area (Å²) in [4.78, 5) is 0. The van der Waals surface area contributed by atoms with E-state index < -0.39 is 0 Å². The third-order valence-electron chi connectivity index (χ3n) is 2.71. The maximum atomic E-state index is 2.42. The highest BCUT2D eigenvalue weighted by atomic mass is 127. The number of hydrogen-bond donors (Lipinski definition) is 0. The van der Waals surface area contributed by atoms with Gasteiger partial charge in [0.2, 0.25) is 0 Å². The summed E-state index contributed by atoms with van der Waals surface area (Å²) in [5, 5.41) is 0. The molecule has 1 heteroatoms. The first-order chi connectivity index (χ1) is 6.38. The van der Waals surface area contributed by atoms with Crippen molar-refractivity contribution in [1.82, 2.24) is 0 Å². The zero-order valence-electron chi connectivity index (χ0n) is 7.91. The van der Waals surface area contributed by atoms with Gasteiger partial charge in [-0.05, 0) is 29.7 Å². The smallest absolute Gasteiger partial charge is 0.0165 e. The molecular weight excluding hydrogens is 271 g/mol. The Balaban J connectivity index is 2.09. The maximum absolute atomic E-state index is 2.42. The lowest BCUT2D eigenvalue weighted by Crippen LogP contribution is -2.17. The minimum Gasteiger partial charge on any atom is -0.118 e. The van der Waals surface area contributed by atoms with Crippen molar-refractivity contribution in [2.75, 3.05) is 0 Å². The van der Waals surface area contributed by atoms with Crippen LogP contribution in [-0.4, -0.2) is 7.94 Å². The fourth-order valence-corrected chi connectivity index (χ4v) is 4.90. The predicted octanol–water partition coefficient (Wildman–Crippen LogP) is 3.61. The highest BCUT2D eigenvalue weighted by molar-refractivity contribution is 14.2. The van der Waals surface area contributed by atoms with Crippen molar-refractivity contribution in [2.45, 2.75) is 23.7 Å². The normalized spacial score (nSPS) is 32.5. The molecule has 1 heterocycles. The Bertz CT molecular complexity index is 294. The lowest BCUT2D eigenvalue weighted by molar-refractivity contribution is 0.600. The lowest BCUT2D eigenvalue weighted by Gasteiger charge is -2.26. The summed E-state index contributed by atoms with van der Waals surface area (Å²) in [5.41, 5.74) is 1.59. The number of rotatable bonds is 1. The molecule has 0 aromatic heterocycles. The highest BCUT2D eigenvalue weighted by Crippen LogP contribution is 2.34. The number of alkyl halides is 1. The van der Waals surface area contributed by atoms with Gasteiger partial charge < -0.3 is 0 Å². The standard InChI is InChI=1S/C12H15I/c1-10-6-2-3-7-11(10)12-8-4-5-9-13-12/h2-6,9,11-12H,7-8H2,1H3/t11?,12-/m0/s1. The molecule has 0 bridgehead atoms. The lowest BCUT2D eigenvalue weighted by atomic mass is 9.88. The van der Waals surface area contributed by atoms with Gasteiger partial charge in [-0.15, -0.1) is 20.7 Å². The summed E-state index contributed by atoms with van der Waals surface area (Å²) in [5.74, 6) is 0.846. The van der Waals surface area contributed by atoms with Gasteiger partial charge >= 0.3 is 0 Å². The molecule has 1 aliphatic carbocycles. The zero-order valence-corrected chi connectivity index (χ0v) is 10.1. The van der Waals surface area contributed by atoms with Crippen LogP contribution in [0.15, 0.2) is 36.0 Å². The van der Waals surface area contributed by atoms with E-state index in [-0.39, 0.29) is 0 Å². The second kappa shape index (κ2) is 4.36. The third-order valence-corrected chi connectivity index (χ3v) is 5.84. The maximum Gasteiger partial charge on any atom is 0.0165 e. The SMILES string of the molecule is CC1=CC=CCC1[C@@H]1CC=CC=I1. The van der Waals surface area contributed by atoms with Crippen LogP contribution < -0.4 is 0 Å². The second-order valence-electron chi connectivity index (χ2n) is 3.61. The molecule has 0 N–H and O–H groups in total. The largest absolute Gasteiger partial charge is 0.118 e. The van der Waals surface area contributed by atoms with Crippen LogP contribution in [0.3, 0.4) is 0 Å². The summed E-state index contributed by atoms with van der Waals surface area (Å²) < 4.78 is 3.38. The van der Waals surface area contributed by atoms with Gasteiger partial charge in [0, 0.05) is 3.92 Å². The van der Waals surface area contributed by atoms with E-state index in [0.29, 0.717) is 20.7 Å². The Morgan fingerprint density at radius 3 is 2.77 bits per heavy atom. The van der Waals surface area contributed by atoms with Crippen molar-refractivity contribution in [3.05, 3.63) is 36.0 Å². The van der Waals surface area contributed by atoms with Crippen molar-refractivity contribution in [3.63, 3.8) is 0 Å². The molecule has 0 nitrogen and oxygen atoms in total. The van der Waals surface area contributed by atoms with Crippen molar-refractivity contribution in [1.29, 1.82) is 0 Å². The summed E-state index contributed by atoms with van der Waals surface area (Å²) in [6.07, 6.45) is 14.0. The molecule has 1 aliphatic heterocycles. The second-order valence-corrected chi connectivity index (χ2v) is 6.65. The summed E-state index contributed by atoms with van der Waals surface area (Å²) in [6, 6.07) is 0. The van der Waals surface area contributed by atoms with Gasteiger partial charge in [-0.2, -0.15) is 0 Å². The zero-order chi connectivity index (χ0) is 9.10. The van der Waals surface area contributed by atoms with Crippen LogP contribution in [0.1, 0.15) is 19.8 Å². The first-order valence-corrected chi connectivity index (χ1v) is 7.30. The van der Waals surface area contributed by atoms with E-state index in [9.17, 15) is 0 Å². The first kappa shape index (κ1) is 9.38. The molecule has 2 rings (SSSR count). The molecule has 70 valence electrons. The van der Waals surface area contributed by atoms with Crippen molar-refractivity contribution in [2.24, 2.45) is 5.92 Å². The van der Waals surface area contributed by atoms with E-state index in [2.05, 4.69) is 41.3 Å². The molecule has 0 aromatic carbocycles. The van der Waals surface area contributed by atoms with Gasteiger partial charge in [0.15, 0.2) is 0 Å². The number of allylic oxidation sites excluding steroid dienone is 6. The van der Waals surface area contributed by atoms with E-state index >= 15 is 0 Å². The van der Waals surface area contributed by atoms with Crippen LogP contribution in [0.4, 0.5) is 0 Å². The number of halogens is 1. The van der Waals surface area contributed by atoms with Crippen LogP contribution in [0.2, 0.25) is 0 Å². The molecule has 0 aromatic rings. The molecule has 2 atom stereocenters. The molecule has 0 saturated carbocycles. The Morgan fingerprint density at radius 2 is 2.08 bits per heavy atom. The monoisotopic (exact) mass is 286 g/mol. The van der Waals surface area contributed by atoms with Crippen molar-refractivity contribution >= 4 is 24.7 Å². The average molecular weight is 286 g/mol. The van der Waals surface area contributed by atoms with Gasteiger partial charge in [0.05, 0.1) is 0 Å². The molecule has 0 saturated heterocycles. The molecule has 0 radical (unpaired) electrons. The van der Waals surface area contributed by atoms with E-state index in [0.717, 1.165) is 9.84 Å². The molecule has 0 fully saturated rings. The summed E-state index contributed by atoms with van der Waals surface area (Å²) >= 11 is 0.310. The quantitative estimate of drug-likeness (QED) is 0.510. The van der Waals surface area contributed by atoms with E-state index in [4.69, 9.17) is 0 Å². The molecule has 13 heavy (non-hydrogen) atoms. The van der Waals surface area contributed by atoms with Gasteiger partial charge in [0.1, 0.15) is 0 Å². The fraction of sp³-hybridized carbons (Fsp3) is 0.417. The highest BCUT2D eigenvalue weighted by Gasteiger charge is 2.21. The summed E-state index contributed by atoms with van der Waals surface area (Å²) in [6.45, 7) is 2.29. The first-order valence-electron chi connectivity index (χ1n) is 4.81. The van der Waals surface area contributed by atoms with Crippen molar-refractivity contribution < 1.29 is 0 Å². The van der Waals surface area contributed by atoms with Crippen LogP contribution in [0, 0.1) is 5.92 Å². The average Bonchev–Trinajstić information content (AvgIpc) is 2.20. The van der Waals surface area contributed by atoms with Crippen LogP contribution in [-0.2, 0) is 0 Å². The van der Waals surface area contributed by atoms with Crippen LogP contribution in [0.25, 0.3) is 0 Å². The molecule has 0 spiro atoms. The third kappa shape index (κ3) is 2.19. The van der Waals surface area contributed by atoms with E-state index in [1.807, 2.05) is 0 Å².